The summed E-state index contributed by atoms with van der Waals surface area (Å²) in [7, 11) is 0. The van der Waals surface area contributed by atoms with Gasteiger partial charge in [-0.05, 0) is 25.8 Å². The maximum absolute atomic E-state index is 13.4. The molecule has 0 saturated heterocycles. The zero-order valence-electron chi connectivity index (χ0n) is 18.4. The third-order valence-corrected chi connectivity index (χ3v) is 5.37. The molecule has 0 aromatic carbocycles. The van der Waals surface area contributed by atoms with E-state index < -0.39 is 42.2 Å². The summed E-state index contributed by atoms with van der Waals surface area (Å²) in [4.78, 5) is 28.2. The van der Waals surface area contributed by atoms with E-state index >= 15 is 0 Å². The lowest BCUT2D eigenvalue weighted by atomic mass is 10.1. The molecule has 0 unspecified atom stereocenters. The van der Waals surface area contributed by atoms with E-state index in [1.807, 2.05) is 4.57 Å². The Morgan fingerprint density at radius 3 is 2.49 bits per heavy atom. The second-order valence-corrected chi connectivity index (χ2v) is 8.21. The fraction of sp³-hybridized carbons (Fsp3) is 0.429. The van der Waals surface area contributed by atoms with Gasteiger partial charge in [0.25, 0.3) is 0 Å². The minimum Gasteiger partial charge on any atom is -0.478 e. The average Bonchev–Trinajstić information content (AvgIpc) is 3.51. The molecule has 1 fully saturated rings. The fourth-order valence-electron chi connectivity index (χ4n) is 3.54. The number of fused-ring (bicyclic) bond motifs is 1. The summed E-state index contributed by atoms with van der Waals surface area (Å²) in [5, 5.41) is 6.78. The first-order chi connectivity index (χ1) is 16.2. The van der Waals surface area contributed by atoms with E-state index in [4.69, 9.17) is 0 Å². The third kappa shape index (κ3) is 5.25. The SMILES string of the molecule is CC(=O)Nc1cc2c(-c3cc(OCC(F)(F)F)c(=O)n([C@@H](C)C(F)(F)F)n3)cn(C3CC3)c2cn1. The van der Waals surface area contributed by atoms with Crippen molar-refractivity contribution >= 4 is 22.6 Å². The first-order valence-electron chi connectivity index (χ1n) is 10.4. The molecule has 1 aliphatic carbocycles. The molecule has 0 radical (unpaired) electrons. The molecule has 188 valence electrons. The van der Waals surface area contributed by atoms with Gasteiger partial charge >= 0.3 is 17.9 Å². The first kappa shape index (κ1) is 24.5. The van der Waals surface area contributed by atoms with Gasteiger partial charge in [0.2, 0.25) is 5.91 Å². The Morgan fingerprint density at radius 1 is 1.23 bits per heavy atom. The Bertz CT molecular complexity index is 1340. The molecule has 1 amide bonds. The minimum atomic E-state index is -4.90. The van der Waals surface area contributed by atoms with Crippen molar-refractivity contribution in [3.05, 3.63) is 34.9 Å². The molecule has 3 heterocycles. The number of pyridine rings is 1. The van der Waals surface area contributed by atoms with Gasteiger partial charge in [-0.1, -0.05) is 0 Å². The van der Waals surface area contributed by atoms with Crippen LogP contribution in [0.5, 0.6) is 5.75 Å². The summed E-state index contributed by atoms with van der Waals surface area (Å²) in [6, 6.07) is 0.0288. The summed E-state index contributed by atoms with van der Waals surface area (Å²) in [6.45, 7) is 0.0624. The van der Waals surface area contributed by atoms with Crippen molar-refractivity contribution in [2.45, 2.75) is 51.1 Å². The van der Waals surface area contributed by atoms with Gasteiger partial charge in [-0.25, -0.2) is 9.67 Å². The van der Waals surface area contributed by atoms with Crippen molar-refractivity contribution in [2.75, 3.05) is 11.9 Å². The van der Waals surface area contributed by atoms with Crippen molar-refractivity contribution in [3.63, 3.8) is 0 Å². The lowest BCUT2D eigenvalue weighted by molar-refractivity contribution is -0.167. The highest BCUT2D eigenvalue weighted by Gasteiger charge is 2.40. The van der Waals surface area contributed by atoms with Gasteiger partial charge in [-0.2, -0.15) is 31.4 Å². The molecule has 3 aromatic heterocycles. The van der Waals surface area contributed by atoms with E-state index in [1.54, 1.807) is 6.20 Å². The number of alkyl halides is 6. The van der Waals surface area contributed by atoms with Crippen molar-refractivity contribution in [2.24, 2.45) is 0 Å². The molecule has 1 aliphatic rings. The van der Waals surface area contributed by atoms with E-state index in [0.29, 0.717) is 17.8 Å². The van der Waals surface area contributed by atoms with E-state index in [1.165, 1.54) is 19.2 Å². The number of hydrogen-bond donors (Lipinski definition) is 1. The summed E-state index contributed by atoms with van der Waals surface area (Å²) < 4.78 is 84.9. The highest BCUT2D eigenvalue weighted by atomic mass is 19.4. The van der Waals surface area contributed by atoms with Gasteiger partial charge in [-0.3, -0.25) is 9.59 Å². The van der Waals surface area contributed by atoms with Gasteiger partial charge in [0.05, 0.1) is 17.4 Å². The number of halogens is 6. The van der Waals surface area contributed by atoms with Crippen LogP contribution in [0.4, 0.5) is 32.2 Å². The zero-order chi connectivity index (χ0) is 25.7. The van der Waals surface area contributed by atoms with E-state index in [-0.39, 0.29) is 27.8 Å². The fourth-order valence-corrected chi connectivity index (χ4v) is 3.54. The van der Waals surface area contributed by atoms with Crippen LogP contribution >= 0.6 is 0 Å². The molecule has 0 aliphatic heterocycles. The third-order valence-electron chi connectivity index (χ3n) is 5.37. The number of carbonyl (C=O) groups is 1. The number of anilines is 1. The minimum absolute atomic E-state index is 0.0667. The smallest absolute Gasteiger partial charge is 0.422 e. The molecule has 4 rings (SSSR count). The molecule has 14 heteroatoms. The van der Waals surface area contributed by atoms with Gasteiger partial charge in [0.15, 0.2) is 12.4 Å². The Hall–Kier alpha value is -3.58. The van der Waals surface area contributed by atoms with Crippen LogP contribution in [0.25, 0.3) is 22.2 Å². The molecular weight excluding hydrogens is 484 g/mol. The second-order valence-electron chi connectivity index (χ2n) is 8.21. The van der Waals surface area contributed by atoms with Crippen molar-refractivity contribution < 1.29 is 35.9 Å². The Labute approximate surface area is 193 Å². The monoisotopic (exact) mass is 503 g/mol. The largest absolute Gasteiger partial charge is 0.478 e. The molecule has 8 nitrogen and oxygen atoms in total. The maximum Gasteiger partial charge on any atom is 0.422 e. The maximum atomic E-state index is 13.4. The molecule has 1 atom stereocenters. The molecule has 1 saturated carbocycles. The van der Waals surface area contributed by atoms with Gasteiger partial charge in [0.1, 0.15) is 11.9 Å². The summed E-state index contributed by atoms with van der Waals surface area (Å²) in [5.41, 5.74) is -0.838. The average molecular weight is 503 g/mol. The van der Waals surface area contributed by atoms with Crippen LogP contribution in [0.2, 0.25) is 0 Å². The highest BCUT2D eigenvalue weighted by molar-refractivity contribution is 5.98. The molecule has 0 bridgehead atoms. The summed E-state index contributed by atoms with van der Waals surface area (Å²) >= 11 is 0. The van der Waals surface area contributed by atoms with Crippen LogP contribution in [0.15, 0.2) is 29.3 Å². The number of nitrogens with zero attached hydrogens (tertiary/aromatic N) is 4. The lowest BCUT2D eigenvalue weighted by Gasteiger charge is -2.19. The summed E-state index contributed by atoms with van der Waals surface area (Å²) in [5.74, 6) is -1.18. The van der Waals surface area contributed by atoms with Crippen molar-refractivity contribution in [3.8, 4) is 17.0 Å². The number of carbonyl (C=O) groups excluding carboxylic acids is 1. The van der Waals surface area contributed by atoms with Crippen LogP contribution < -0.4 is 15.6 Å². The number of aromatic nitrogens is 4. The van der Waals surface area contributed by atoms with Crippen LogP contribution in [-0.4, -0.2) is 44.2 Å². The second kappa shape index (κ2) is 8.57. The van der Waals surface area contributed by atoms with Crippen molar-refractivity contribution in [1.82, 2.24) is 19.3 Å². The van der Waals surface area contributed by atoms with Crippen LogP contribution in [-0.2, 0) is 4.79 Å². The molecule has 0 spiro atoms. The van der Waals surface area contributed by atoms with E-state index in [0.717, 1.165) is 18.9 Å². The number of hydrogen-bond acceptors (Lipinski definition) is 5. The van der Waals surface area contributed by atoms with E-state index in [9.17, 15) is 35.9 Å². The molecule has 35 heavy (non-hydrogen) atoms. The quantitative estimate of drug-likeness (QED) is 0.496. The summed E-state index contributed by atoms with van der Waals surface area (Å²) in [6.07, 6.45) is -4.98. The molecule has 3 aromatic rings. The van der Waals surface area contributed by atoms with Crippen LogP contribution in [0.1, 0.15) is 38.8 Å². The highest BCUT2D eigenvalue weighted by Crippen LogP contribution is 2.42. The molecule has 1 N–H and O–H groups in total. The normalized spacial score (nSPS) is 15.3. The zero-order valence-corrected chi connectivity index (χ0v) is 18.4. The topological polar surface area (TPSA) is 91.0 Å². The standard InChI is InChI=1S/C21H19F6N5O3/c1-10(21(25,26)27)32-19(34)17(35-9-20(22,23)24)6-15(30-32)14-8-31(12-3-4-12)16-7-28-18(5-13(14)16)29-11(2)33/h5-8,10,12H,3-4,9H2,1-2H3,(H,28,29,33)/t10-/m0/s1. The van der Waals surface area contributed by atoms with Gasteiger partial charge < -0.3 is 14.6 Å². The van der Waals surface area contributed by atoms with Crippen LogP contribution in [0, 0.1) is 0 Å². The Balaban J connectivity index is 1.93. The van der Waals surface area contributed by atoms with Crippen LogP contribution in [0.3, 0.4) is 0 Å². The number of ether oxygens (including phenoxy) is 1. The lowest BCUT2D eigenvalue weighted by Crippen LogP contribution is -2.35. The van der Waals surface area contributed by atoms with Gasteiger partial charge in [0, 0.05) is 36.2 Å². The predicted molar refractivity (Wildman–Crippen MR) is 112 cm³/mol. The first-order valence-corrected chi connectivity index (χ1v) is 10.4. The number of rotatable bonds is 6. The Morgan fingerprint density at radius 2 is 1.91 bits per heavy atom. The number of amides is 1. The Kier molecular flexibility index (Phi) is 6.01. The predicted octanol–water partition coefficient (Wildman–Crippen LogP) is 4.62. The van der Waals surface area contributed by atoms with E-state index in [2.05, 4.69) is 20.1 Å². The number of nitrogens with one attached hydrogen (secondary N) is 1. The van der Waals surface area contributed by atoms with Crippen molar-refractivity contribution in [1.29, 1.82) is 0 Å². The molecular formula is C21H19F6N5O3. The van der Waals surface area contributed by atoms with Gasteiger partial charge in [-0.15, -0.1) is 0 Å².